The molecule has 0 fully saturated rings. The van der Waals surface area contributed by atoms with Crippen LogP contribution in [0.1, 0.15) is 5.56 Å². The Morgan fingerprint density at radius 2 is 1.84 bits per heavy atom. The highest BCUT2D eigenvalue weighted by molar-refractivity contribution is 6.42. The van der Waals surface area contributed by atoms with Gasteiger partial charge in [-0.05, 0) is 29.8 Å². The lowest BCUT2D eigenvalue weighted by molar-refractivity contribution is 0.305. The third kappa shape index (κ3) is 3.46. The minimum atomic E-state index is 0.355. The number of ether oxygens (including phenoxy) is 2. The maximum absolute atomic E-state index is 5.94. The second-order valence-corrected chi connectivity index (χ2v) is 4.76. The summed E-state index contributed by atoms with van der Waals surface area (Å²) in [7, 11) is 1.59. The Bertz CT molecular complexity index is 588. The zero-order chi connectivity index (χ0) is 13.8. The molecule has 100 valence electrons. The van der Waals surface area contributed by atoms with Gasteiger partial charge < -0.3 is 15.2 Å². The van der Waals surface area contributed by atoms with Gasteiger partial charge in [0.2, 0.25) is 0 Å². The van der Waals surface area contributed by atoms with Gasteiger partial charge in [-0.25, -0.2) is 0 Å². The molecule has 3 nitrogen and oxygen atoms in total. The SMILES string of the molecule is COc1ccc(N)c(OCc2ccc(Cl)c(Cl)c2)c1. The fourth-order valence-electron chi connectivity index (χ4n) is 1.56. The highest BCUT2D eigenvalue weighted by Crippen LogP contribution is 2.28. The van der Waals surface area contributed by atoms with Crippen LogP contribution in [0, 0.1) is 0 Å². The molecule has 0 saturated carbocycles. The number of halogens is 2. The molecule has 0 aliphatic heterocycles. The molecule has 0 aliphatic rings. The van der Waals surface area contributed by atoms with Crippen LogP contribution in [-0.4, -0.2) is 7.11 Å². The van der Waals surface area contributed by atoms with Gasteiger partial charge in [-0.1, -0.05) is 29.3 Å². The van der Waals surface area contributed by atoms with Gasteiger partial charge in [-0.2, -0.15) is 0 Å². The van der Waals surface area contributed by atoms with Crippen LogP contribution >= 0.6 is 23.2 Å². The Kier molecular flexibility index (Phi) is 4.40. The van der Waals surface area contributed by atoms with Crippen LogP contribution in [0.15, 0.2) is 36.4 Å². The Morgan fingerprint density at radius 3 is 2.53 bits per heavy atom. The lowest BCUT2D eigenvalue weighted by atomic mass is 10.2. The predicted molar refractivity (Wildman–Crippen MR) is 78.2 cm³/mol. The average molecular weight is 298 g/mol. The maximum Gasteiger partial charge on any atom is 0.146 e. The number of nitrogens with two attached hydrogens (primary N) is 1. The zero-order valence-corrected chi connectivity index (χ0v) is 11.8. The van der Waals surface area contributed by atoms with Gasteiger partial charge in [-0.3, -0.25) is 0 Å². The number of anilines is 1. The normalized spacial score (nSPS) is 10.3. The van der Waals surface area contributed by atoms with E-state index in [9.17, 15) is 0 Å². The summed E-state index contributed by atoms with van der Waals surface area (Å²) in [5.74, 6) is 1.27. The summed E-state index contributed by atoms with van der Waals surface area (Å²) in [6, 6.07) is 10.6. The van der Waals surface area contributed by atoms with E-state index in [1.807, 2.05) is 6.07 Å². The highest BCUT2D eigenvalue weighted by Gasteiger charge is 2.05. The molecule has 0 saturated heterocycles. The first-order chi connectivity index (χ1) is 9.10. The highest BCUT2D eigenvalue weighted by atomic mass is 35.5. The Labute approximate surface area is 121 Å². The number of benzene rings is 2. The van der Waals surface area contributed by atoms with Gasteiger partial charge in [0.25, 0.3) is 0 Å². The summed E-state index contributed by atoms with van der Waals surface area (Å²) in [4.78, 5) is 0. The smallest absolute Gasteiger partial charge is 0.146 e. The maximum atomic E-state index is 5.94. The Balaban J connectivity index is 2.11. The minimum Gasteiger partial charge on any atom is -0.497 e. The molecular formula is C14H13Cl2NO2. The van der Waals surface area contributed by atoms with E-state index >= 15 is 0 Å². The first kappa shape index (κ1) is 13.8. The topological polar surface area (TPSA) is 44.5 Å². The fraction of sp³-hybridized carbons (Fsp3) is 0.143. The molecule has 0 aromatic heterocycles. The van der Waals surface area contributed by atoms with E-state index in [1.54, 1.807) is 37.4 Å². The molecule has 0 spiro atoms. The van der Waals surface area contributed by atoms with Crippen LogP contribution in [0.5, 0.6) is 11.5 Å². The monoisotopic (exact) mass is 297 g/mol. The first-order valence-corrected chi connectivity index (χ1v) is 6.36. The largest absolute Gasteiger partial charge is 0.497 e. The van der Waals surface area contributed by atoms with E-state index in [2.05, 4.69) is 0 Å². The molecule has 2 aromatic rings. The first-order valence-electron chi connectivity index (χ1n) is 5.60. The number of nitrogen functional groups attached to an aromatic ring is 1. The van der Waals surface area contributed by atoms with Crippen molar-refractivity contribution in [2.75, 3.05) is 12.8 Å². The van der Waals surface area contributed by atoms with Crippen LogP contribution in [0.4, 0.5) is 5.69 Å². The number of rotatable bonds is 4. The van der Waals surface area contributed by atoms with Crippen molar-refractivity contribution in [3.63, 3.8) is 0 Å². The van der Waals surface area contributed by atoms with Crippen molar-refractivity contribution in [2.24, 2.45) is 0 Å². The molecule has 0 heterocycles. The van der Waals surface area contributed by atoms with Crippen LogP contribution in [0.2, 0.25) is 10.0 Å². The summed E-state index contributed by atoms with van der Waals surface area (Å²) in [6.45, 7) is 0.355. The van der Waals surface area contributed by atoms with E-state index in [0.29, 0.717) is 33.8 Å². The molecular weight excluding hydrogens is 285 g/mol. The zero-order valence-electron chi connectivity index (χ0n) is 10.3. The molecule has 0 atom stereocenters. The number of hydrogen-bond donors (Lipinski definition) is 1. The summed E-state index contributed by atoms with van der Waals surface area (Å²) in [6.07, 6.45) is 0. The van der Waals surface area contributed by atoms with Crippen LogP contribution in [0.3, 0.4) is 0 Å². The molecule has 2 rings (SSSR count). The van der Waals surface area contributed by atoms with Crippen LogP contribution in [-0.2, 0) is 6.61 Å². The second-order valence-electron chi connectivity index (χ2n) is 3.94. The third-order valence-corrected chi connectivity index (χ3v) is 3.34. The minimum absolute atomic E-state index is 0.355. The van der Waals surface area contributed by atoms with E-state index < -0.39 is 0 Å². The molecule has 19 heavy (non-hydrogen) atoms. The van der Waals surface area contributed by atoms with Crippen molar-refractivity contribution < 1.29 is 9.47 Å². The molecule has 2 aromatic carbocycles. The van der Waals surface area contributed by atoms with Gasteiger partial charge >= 0.3 is 0 Å². The lowest BCUT2D eigenvalue weighted by Crippen LogP contribution is -1.99. The van der Waals surface area contributed by atoms with E-state index in [-0.39, 0.29) is 0 Å². The summed E-state index contributed by atoms with van der Waals surface area (Å²) in [5, 5.41) is 1.02. The molecule has 2 N–H and O–H groups in total. The van der Waals surface area contributed by atoms with E-state index in [1.165, 1.54) is 0 Å². The molecule has 0 amide bonds. The summed E-state index contributed by atoms with van der Waals surface area (Å²) in [5.41, 5.74) is 7.30. The molecule has 0 unspecified atom stereocenters. The van der Waals surface area contributed by atoms with Gasteiger partial charge in [0.15, 0.2) is 0 Å². The van der Waals surface area contributed by atoms with Crippen LogP contribution in [0.25, 0.3) is 0 Å². The average Bonchev–Trinajstić information content (AvgIpc) is 2.41. The van der Waals surface area contributed by atoms with Gasteiger partial charge in [0.1, 0.15) is 18.1 Å². The van der Waals surface area contributed by atoms with Gasteiger partial charge in [-0.15, -0.1) is 0 Å². The molecule has 0 radical (unpaired) electrons. The predicted octanol–water partition coefficient (Wildman–Crippen LogP) is 4.16. The lowest BCUT2D eigenvalue weighted by Gasteiger charge is -2.11. The number of hydrogen-bond acceptors (Lipinski definition) is 3. The standard InChI is InChI=1S/C14H13Cl2NO2/c1-18-10-3-5-13(17)14(7-10)19-8-9-2-4-11(15)12(16)6-9/h2-7H,8,17H2,1H3. The molecule has 0 bridgehead atoms. The molecule has 0 aliphatic carbocycles. The Morgan fingerprint density at radius 1 is 1.05 bits per heavy atom. The summed E-state index contributed by atoms with van der Waals surface area (Å²) < 4.78 is 10.8. The fourth-order valence-corrected chi connectivity index (χ4v) is 1.88. The molecule has 5 heteroatoms. The van der Waals surface area contributed by atoms with Gasteiger partial charge in [0, 0.05) is 6.07 Å². The van der Waals surface area contributed by atoms with Crippen molar-refractivity contribution in [3.05, 3.63) is 52.0 Å². The second kappa shape index (κ2) is 6.04. The van der Waals surface area contributed by atoms with E-state index in [0.717, 1.165) is 5.56 Å². The van der Waals surface area contributed by atoms with Crippen molar-refractivity contribution in [3.8, 4) is 11.5 Å². The van der Waals surface area contributed by atoms with Crippen molar-refractivity contribution in [1.29, 1.82) is 0 Å². The third-order valence-electron chi connectivity index (χ3n) is 2.60. The summed E-state index contributed by atoms with van der Waals surface area (Å²) >= 11 is 11.8. The van der Waals surface area contributed by atoms with Crippen molar-refractivity contribution >= 4 is 28.9 Å². The Hall–Kier alpha value is -1.58. The van der Waals surface area contributed by atoms with Gasteiger partial charge in [0.05, 0.1) is 22.8 Å². The van der Waals surface area contributed by atoms with E-state index in [4.69, 9.17) is 38.4 Å². The van der Waals surface area contributed by atoms with Crippen molar-refractivity contribution in [2.45, 2.75) is 6.61 Å². The number of methoxy groups -OCH3 is 1. The van der Waals surface area contributed by atoms with Crippen LogP contribution < -0.4 is 15.2 Å². The quantitative estimate of drug-likeness (QED) is 0.862. The van der Waals surface area contributed by atoms with Crippen molar-refractivity contribution in [1.82, 2.24) is 0 Å².